The van der Waals surface area contributed by atoms with E-state index in [9.17, 15) is 4.39 Å². The van der Waals surface area contributed by atoms with Crippen molar-refractivity contribution in [3.63, 3.8) is 0 Å². The Morgan fingerprint density at radius 1 is 1.29 bits per heavy atom. The van der Waals surface area contributed by atoms with E-state index in [0.717, 1.165) is 19.3 Å². The topological polar surface area (TPSA) is 12.0 Å². The van der Waals surface area contributed by atoms with Crippen LogP contribution in [0.15, 0.2) is 18.2 Å². The zero-order valence-corrected chi connectivity index (χ0v) is 14.3. The summed E-state index contributed by atoms with van der Waals surface area (Å²) in [6.45, 7) is 6.93. The molecule has 0 heterocycles. The summed E-state index contributed by atoms with van der Waals surface area (Å²) in [5.41, 5.74) is 0.995. The molecule has 0 bridgehead atoms. The minimum atomic E-state index is -0.171. The van der Waals surface area contributed by atoms with Gasteiger partial charge in [0.1, 0.15) is 5.82 Å². The second kappa shape index (κ2) is 6.66. The fourth-order valence-corrected chi connectivity index (χ4v) is 3.89. The van der Waals surface area contributed by atoms with Gasteiger partial charge in [0.15, 0.2) is 0 Å². The highest BCUT2D eigenvalue weighted by Crippen LogP contribution is 2.42. The van der Waals surface area contributed by atoms with Crippen LogP contribution in [0.25, 0.3) is 0 Å². The summed E-state index contributed by atoms with van der Waals surface area (Å²) in [5, 5.41) is 3.98. The molecule has 3 atom stereocenters. The third kappa shape index (κ3) is 3.98. The molecule has 0 amide bonds. The minimum Gasteiger partial charge on any atom is -0.317 e. The molecule has 0 aliphatic heterocycles. The zero-order chi connectivity index (χ0) is 15.6. The molecule has 1 aromatic rings. The fourth-order valence-electron chi connectivity index (χ4n) is 3.65. The Morgan fingerprint density at radius 3 is 2.57 bits per heavy atom. The predicted octanol–water partition coefficient (Wildman–Crippen LogP) is 5.07. The van der Waals surface area contributed by atoms with Gasteiger partial charge in [-0.05, 0) is 62.1 Å². The molecule has 1 aromatic carbocycles. The summed E-state index contributed by atoms with van der Waals surface area (Å²) in [6.07, 6.45) is 4.27. The lowest BCUT2D eigenvalue weighted by Crippen LogP contribution is -2.42. The maximum atomic E-state index is 14.1. The van der Waals surface area contributed by atoms with Gasteiger partial charge in [0, 0.05) is 16.6 Å². The van der Waals surface area contributed by atoms with Gasteiger partial charge in [-0.25, -0.2) is 4.39 Å². The van der Waals surface area contributed by atoms with Gasteiger partial charge in [-0.3, -0.25) is 0 Å². The summed E-state index contributed by atoms with van der Waals surface area (Å²) in [5.74, 6) is 0.968. The van der Waals surface area contributed by atoms with Gasteiger partial charge < -0.3 is 5.32 Å². The van der Waals surface area contributed by atoms with E-state index >= 15 is 0 Å². The lowest BCUT2D eigenvalue weighted by atomic mass is 9.66. The van der Waals surface area contributed by atoms with Crippen LogP contribution < -0.4 is 5.32 Å². The predicted molar refractivity (Wildman–Crippen MR) is 88.2 cm³/mol. The number of benzene rings is 1. The third-order valence-electron chi connectivity index (χ3n) is 5.11. The zero-order valence-electron chi connectivity index (χ0n) is 13.5. The molecule has 1 N–H and O–H groups in total. The molecule has 0 spiro atoms. The van der Waals surface area contributed by atoms with Gasteiger partial charge in [0.2, 0.25) is 0 Å². The molecule has 21 heavy (non-hydrogen) atoms. The Kier molecular flexibility index (Phi) is 5.32. The highest BCUT2D eigenvalue weighted by Gasteiger charge is 2.35. The Hall–Kier alpha value is -0.600. The lowest BCUT2D eigenvalue weighted by molar-refractivity contribution is 0.116. The normalized spacial score (nSPS) is 26.9. The molecule has 0 aromatic heterocycles. The highest BCUT2D eigenvalue weighted by atomic mass is 35.5. The molecular formula is C18H27ClFN. The number of nitrogens with one attached hydrogen (secondary N) is 1. The second-order valence-corrected chi connectivity index (χ2v) is 7.84. The molecular weight excluding hydrogens is 285 g/mol. The van der Waals surface area contributed by atoms with E-state index in [1.807, 2.05) is 7.05 Å². The number of rotatable bonds is 3. The molecule has 1 saturated carbocycles. The first-order valence-electron chi connectivity index (χ1n) is 7.93. The Balaban J connectivity index is 2.18. The first kappa shape index (κ1) is 16.8. The number of halogens is 2. The molecule has 2 rings (SSSR count). The maximum absolute atomic E-state index is 14.1. The Morgan fingerprint density at radius 2 is 2.00 bits per heavy atom. The first-order valence-corrected chi connectivity index (χ1v) is 8.31. The van der Waals surface area contributed by atoms with Gasteiger partial charge in [0.05, 0.1) is 0 Å². The minimum absolute atomic E-state index is 0.171. The van der Waals surface area contributed by atoms with E-state index in [-0.39, 0.29) is 5.82 Å². The van der Waals surface area contributed by atoms with Crippen molar-refractivity contribution >= 4 is 11.6 Å². The van der Waals surface area contributed by atoms with Gasteiger partial charge in [-0.2, -0.15) is 0 Å². The number of hydrogen-bond donors (Lipinski definition) is 1. The van der Waals surface area contributed by atoms with Crippen molar-refractivity contribution in [3.05, 3.63) is 34.6 Å². The summed E-state index contributed by atoms with van der Waals surface area (Å²) in [7, 11) is 2.01. The molecule has 3 heteroatoms. The second-order valence-electron chi connectivity index (χ2n) is 7.44. The van der Waals surface area contributed by atoms with Crippen LogP contribution in [-0.4, -0.2) is 13.1 Å². The lowest BCUT2D eigenvalue weighted by Gasteiger charge is -2.42. The summed E-state index contributed by atoms with van der Waals surface area (Å²) in [6, 6.07) is 5.44. The van der Waals surface area contributed by atoms with Crippen LogP contribution in [0.4, 0.5) is 4.39 Å². The molecule has 1 aliphatic rings. The van der Waals surface area contributed by atoms with E-state index < -0.39 is 0 Å². The third-order valence-corrected chi connectivity index (χ3v) is 5.46. The smallest absolute Gasteiger partial charge is 0.127 e. The molecule has 1 nitrogen and oxygen atoms in total. The average Bonchev–Trinajstić information content (AvgIpc) is 2.42. The maximum Gasteiger partial charge on any atom is 0.127 e. The van der Waals surface area contributed by atoms with Crippen molar-refractivity contribution in [3.8, 4) is 0 Å². The van der Waals surface area contributed by atoms with E-state index in [0.29, 0.717) is 33.9 Å². The molecule has 3 unspecified atom stereocenters. The van der Waals surface area contributed by atoms with Crippen LogP contribution in [0.1, 0.15) is 45.6 Å². The first-order chi connectivity index (χ1) is 9.82. The van der Waals surface area contributed by atoms with Gasteiger partial charge in [0.25, 0.3) is 0 Å². The van der Waals surface area contributed by atoms with Crippen molar-refractivity contribution in [2.75, 3.05) is 7.05 Å². The number of hydrogen-bond acceptors (Lipinski definition) is 1. The van der Waals surface area contributed by atoms with Crippen molar-refractivity contribution in [2.24, 2.45) is 17.3 Å². The van der Waals surface area contributed by atoms with E-state index in [1.165, 1.54) is 12.5 Å². The molecule has 118 valence electrons. The van der Waals surface area contributed by atoms with Crippen LogP contribution in [0.5, 0.6) is 0 Å². The standard InChI is InChI=1S/C18H27ClFN/c1-18(2,3)13-8-9-17(21-4)12(10-13)11-14-15(19)6-5-7-16(14)20/h5-7,12-13,17,21H,8-11H2,1-4H3. The monoisotopic (exact) mass is 311 g/mol. The van der Waals surface area contributed by atoms with Crippen molar-refractivity contribution in [1.82, 2.24) is 5.32 Å². The van der Waals surface area contributed by atoms with Crippen LogP contribution >= 0.6 is 11.6 Å². The van der Waals surface area contributed by atoms with Crippen molar-refractivity contribution < 1.29 is 4.39 Å². The Labute approximate surface area is 133 Å². The quantitative estimate of drug-likeness (QED) is 0.821. The van der Waals surface area contributed by atoms with Crippen molar-refractivity contribution in [2.45, 2.75) is 52.5 Å². The van der Waals surface area contributed by atoms with E-state index in [1.54, 1.807) is 12.1 Å². The highest BCUT2D eigenvalue weighted by molar-refractivity contribution is 6.31. The van der Waals surface area contributed by atoms with Crippen LogP contribution in [0.2, 0.25) is 5.02 Å². The SMILES string of the molecule is CNC1CCC(C(C)(C)C)CC1Cc1c(F)cccc1Cl. The van der Waals surface area contributed by atoms with Crippen LogP contribution in [0.3, 0.4) is 0 Å². The van der Waals surface area contributed by atoms with Gasteiger partial charge in [-0.1, -0.05) is 38.4 Å². The Bertz CT molecular complexity index is 460. The van der Waals surface area contributed by atoms with Gasteiger partial charge in [-0.15, -0.1) is 0 Å². The van der Waals surface area contributed by atoms with E-state index in [4.69, 9.17) is 11.6 Å². The molecule has 1 aliphatic carbocycles. The molecule has 0 radical (unpaired) electrons. The molecule has 0 saturated heterocycles. The van der Waals surface area contributed by atoms with Crippen LogP contribution in [0, 0.1) is 23.1 Å². The summed E-state index contributed by atoms with van der Waals surface area (Å²) >= 11 is 6.21. The van der Waals surface area contributed by atoms with Crippen molar-refractivity contribution in [1.29, 1.82) is 0 Å². The van der Waals surface area contributed by atoms with Gasteiger partial charge >= 0.3 is 0 Å². The summed E-state index contributed by atoms with van der Waals surface area (Å²) < 4.78 is 14.1. The molecule has 1 fully saturated rings. The van der Waals surface area contributed by atoms with E-state index in [2.05, 4.69) is 26.1 Å². The summed E-state index contributed by atoms with van der Waals surface area (Å²) in [4.78, 5) is 0. The average molecular weight is 312 g/mol. The fraction of sp³-hybridized carbons (Fsp3) is 0.667. The van der Waals surface area contributed by atoms with Crippen LogP contribution in [-0.2, 0) is 6.42 Å². The largest absolute Gasteiger partial charge is 0.317 e.